The molecule has 2 heterocycles. The number of nitrogens with zero attached hydrogens (tertiary/aromatic N) is 2. The fourth-order valence-electron chi connectivity index (χ4n) is 2.83. The minimum Gasteiger partial charge on any atom is -0.497 e. The summed E-state index contributed by atoms with van der Waals surface area (Å²) in [6.45, 7) is 0. The third kappa shape index (κ3) is 2.67. The van der Waals surface area contributed by atoms with Crippen molar-refractivity contribution in [1.82, 2.24) is 9.88 Å². The Hall–Kier alpha value is -1.83. The van der Waals surface area contributed by atoms with E-state index in [0.717, 1.165) is 6.42 Å². The molecule has 1 aliphatic heterocycles. The summed E-state index contributed by atoms with van der Waals surface area (Å²) in [7, 11) is 1.52. The first-order valence-electron chi connectivity index (χ1n) is 6.53. The highest BCUT2D eigenvalue weighted by Crippen LogP contribution is 2.47. The molecular formula is C13H14BrN3O4. The molecule has 0 radical (unpaired) electrons. The number of aromatic nitrogens is 1. The molecule has 1 saturated carbocycles. The zero-order valence-corrected chi connectivity index (χ0v) is 12.8. The van der Waals surface area contributed by atoms with E-state index in [1.165, 1.54) is 12.0 Å². The first-order chi connectivity index (χ1) is 9.99. The summed E-state index contributed by atoms with van der Waals surface area (Å²) in [5.41, 5.74) is 0. The van der Waals surface area contributed by atoms with Gasteiger partial charge in [-0.15, -0.1) is 0 Å². The maximum atomic E-state index is 12.3. The van der Waals surface area contributed by atoms with Gasteiger partial charge in [-0.25, -0.2) is 9.78 Å². The van der Waals surface area contributed by atoms with Crippen molar-refractivity contribution in [3.63, 3.8) is 0 Å². The lowest BCUT2D eigenvalue weighted by molar-refractivity contribution is -0.120. The lowest BCUT2D eigenvalue weighted by atomic mass is 10.1. The van der Waals surface area contributed by atoms with Crippen LogP contribution in [0.3, 0.4) is 0 Å². The summed E-state index contributed by atoms with van der Waals surface area (Å²) >= 11 is 3.23. The van der Waals surface area contributed by atoms with Gasteiger partial charge in [0.15, 0.2) is 0 Å². The fourth-order valence-corrected chi connectivity index (χ4v) is 3.25. The first-order valence-corrected chi connectivity index (χ1v) is 7.32. The maximum absolute atomic E-state index is 12.3. The largest absolute Gasteiger partial charge is 0.497 e. The van der Waals surface area contributed by atoms with E-state index < -0.39 is 12.1 Å². The molecule has 1 saturated heterocycles. The van der Waals surface area contributed by atoms with E-state index in [2.05, 4.69) is 26.2 Å². The number of ether oxygens (including phenoxy) is 1. The van der Waals surface area contributed by atoms with Gasteiger partial charge in [0.1, 0.15) is 22.2 Å². The van der Waals surface area contributed by atoms with Crippen LogP contribution >= 0.6 is 15.9 Å². The summed E-state index contributed by atoms with van der Waals surface area (Å²) in [5.74, 6) is 0.854. The number of likely N-dealkylation sites (tertiary alicyclic amines) is 1. The Kier molecular flexibility index (Phi) is 3.48. The number of amides is 2. The smallest absolute Gasteiger partial charge is 0.408 e. The minimum absolute atomic E-state index is 0.00301. The second-order valence-electron chi connectivity index (χ2n) is 5.21. The van der Waals surface area contributed by atoms with Crippen molar-refractivity contribution in [2.75, 3.05) is 12.4 Å². The van der Waals surface area contributed by atoms with Gasteiger partial charge in [-0.2, -0.15) is 0 Å². The number of hydrogen-bond acceptors (Lipinski definition) is 4. The number of halogens is 1. The standard InChI is InChI=1S/C13H14BrN3O4/c1-21-7-4-10(14)15-11(5-7)16-12(18)9-3-6-2-8(6)17(9)13(19)20/h4-6,8-9H,2-3H2,1H3,(H,19,20)(H,15,16,18). The Bertz CT molecular complexity index is 609. The number of hydrogen-bond donors (Lipinski definition) is 2. The molecule has 2 aliphatic rings. The molecule has 21 heavy (non-hydrogen) atoms. The number of methoxy groups -OCH3 is 1. The summed E-state index contributed by atoms with van der Waals surface area (Å²) < 4.78 is 5.63. The summed E-state index contributed by atoms with van der Waals surface area (Å²) in [5, 5.41) is 11.9. The van der Waals surface area contributed by atoms with Gasteiger partial charge >= 0.3 is 6.09 Å². The molecule has 1 aromatic rings. The molecule has 0 spiro atoms. The number of fused-ring (bicyclic) bond motifs is 1. The van der Waals surface area contributed by atoms with E-state index in [4.69, 9.17) is 4.74 Å². The molecule has 2 N–H and O–H groups in total. The van der Waals surface area contributed by atoms with Crippen molar-refractivity contribution in [3.05, 3.63) is 16.7 Å². The van der Waals surface area contributed by atoms with Gasteiger partial charge in [0, 0.05) is 18.2 Å². The van der Waals surface area contributed by atoms with Crippen LogP contribution in [0.4, 0.5) is 10.6 Å². The molecule has 7 nitrogen and oxygen atoms in total. The predicted molar refractivity (Wildman–Crippen MR) is 77.3 cm³/mol. The van der Waals surface area contributed by atoms with Crippen molar-refractivity contribution in [2.45, 2.75) is 24.9 Å². The van der Waals surface area contributed by atoms with Crippen LogP contribution in [-0.4, -0.2) is 46.2 Å². The van der Waals surface area contributed by atoms with Crippen LogP contribution in [0.2, 0.25) is 0 Å². The normalized spacial score (nSPS) is 26.2. The number of pyridine rings is 1. The zero-order chi connectivity index (χ0) is 15.1. The number of piperidine rings is 1. The monoisotopic (exact) mass is 355 g/mol. The molecular weight excluding hydrogens is 342 g/mol. The van der Waals surface area contributed by atoms with E-state index in [1.54, 1.807) is 12.1 Å². The van der Waals surface area contributed by atoms with Crippen LogP contribution in [0.15, 0.2) is 16.7 Å². The zero-order valence-electron chi connectivity index (χ0n) is 11.2. The lowest BCUT2D eigenvalue weighted by Gasteiger charge is -2.23. The Balaban J connectivity index is 1.74. The molecule has 0 bridgehead atoms. The van der Waals surface area contributed by atoms with Crippen molar-refractivity contribution in [2.24, 2.45) is 5.92 Å². The van der Waals surface area contributed by atoms with Crippen molar-refractivity contribution in [3.8, 4) is 5.75 Å². The first kappa shape index (κ1) is 14.1. The molecule has 0 aromatic carbocycles. The van der Waals surface area contributed by atoms with Gasteiger partial charge < -0.3 is 15.2 Å². The molecule has 2 amide bonds. The van der Waals surface area contributed by atoms with E-state index >= 15 is 0 Å². The van der Waals surface area contributed by atoms with E-state index in [-0.39, 0.29) is 11.9 Å². The van der Waals surface area contributed by atoms with Crippen LogP contribution in [0, 0.1) is 5.92 Å². The molecule has 3 atom stereocenters. The van der Waals surface area contributed by atoms with Crippen molar-refractivity contribution >= 4 is 33.7 Å². The van der Waals surface area contributed by atoms with Crippen molar-refractivity contribution < 1.29 is 19.4 Å². The van der Waals surface area contributed by atoms with Gasteiger partial charge in [-0.3, -0.25) is 9.69 Å². The van der Waals surface area contributed by atoms with E-state index in [0.29, 0.717) is 28.5 Å². The Morgan fingerprint density at radius 3 is 2.90 bits per heavy atom. The highest BCUT2D eigenvalue weighted by atomic mass is 79.9. The summed E-state index contributed by atoms with van der Waals surface area (Å²) in [6, 6.07) is 2.62. The third-order valence-corrected chi connectivity index (χ3v) is 4.29. The van der Waals surface area contributed by atoms with Gasteiger partial charge in [-0.1, -0.05) is 0 Å². The average molecular weight is 356 g/mol. The minimum atomic E-state index is -1.04. The van der Waals surface area contributed by atoms with Crippen LogP contribution < -0.4 is 10.1 Å². The number of anilines is 1. The van der Waals surface area contributed by atoms with E-state index in [9.17, 15) is 14.7 Å². The van der Waals surface area contributed by atoms with Crippen LogP contribution in [0.1, 0.15) is 12.8 Å². The van der Waals surface area contributed by atoms with Crippen molar-refractivity contribution in [1.29, 1.82) is 0 Å². The van der Waals surface area contributed by atoms with E-state index in [1.807, 2.05) is 0 Å². The fraction of sp³-hybridized carbons (Fsp3) is 0.462. The molecule has 1 aromatic heterocycles. The Morgan fingerprint density at radius 1 is 1.48 bits per heavy atom. The summed E-state index contributed by atoms with van der Waals surface area (Å²) in [4.78, 5) is 28.9. The van der Waals surface area contributed by atoms with Crippen LogP contribution in [0.25, 0.3) is 0 Å². The number of nitrogens with one attached hydrogen (secondary N) is 1. The van der Waals surface area contributed by atoms with Crippen LogP contribution in [-0.2, 0) is 4.79 Å². The highest BCUT2D eigenvalue weighted by molar-refractivity contribution is 9.10. The molecule has 2 fully saturated rings. The number of rotatable bonds is 3. The summed E-state index contributed by atoms with van der Waals surface area (Å²) in [6.07, 6.45) is 0.396. The lowest BCUT2D eigenvalue weighted by Crippen LogP contribution is -2.44. The van der Waals surface area contributed by atoms with Gasteiger partial charge in [0.25, 0.3) is 0 Å². The quantitative estimate of drug-likeness (QED) is 0.808. The maximum Gasteiger partial charge on any atom is 0.408 e. The van der Waals surface area contributed by atoms with Gasteiger partial charge in [0.05, 0.1) is 7.11 Å². The number of carboxylic acid groups (broad SMARTS) is 1. The molecule has 112 valence electrons. The van der Waals surface area contributed by atoms with Gasteiger partial charge in [0.2, 0.25) is 5.91 Å². The van der Waals surface area contributed by atoms with Crippen LogP contribution in [0.5, 0.6) is 5.75 Å². The molecule has 3 unspecified atom stereocenters. The number of carbonyl (C=O) groups is 2. The Labute approximate surface area is 129 Å². The SMILES string of the molecule is COc1cc(Br)nc(NC(=O)C2CC3CC3N2C(=O)O)c1. The second kappa shape index (κ2) is 5.18. The second-order valence-corrected chi connectivity index (χ2v) is 6.02. The average Bonchev–Trinajstić information content (AvgIpc) is 3.07. The Morgan fingerprint density at radius 2 is 2.24 bits per heavy atom. The number of carbonyl (C=O) groups excluding carboxylic acids is 1. The predicted octanol–water partition coefficient (Wildman–Crippen LogP) is 1.93. The molecule has 3 rings (SSSR count). The van der Waals surface area contributed by atoms with Gasteiger partial charge in [-0.05, 0) is 34.7 Å². The molecule has 8 heteroatoms. The highest BCUT2D eigenvalue weighted by Gasteiger charge is 2.56. The topological polar surface area (TPSA) is 91.8 Å². The molecule has 1 aliphatic carbocycles. The third-order valence-electron chi connectivity index (χ3n) is 3.88.